The van der Waals surface area contributed by atoms with Gasteiger partial charge in [-0.1, -0.05) is 18.2 Å². The molecule has 0 bridgehead atoms. The summed E-state index contributed by atoms with van der Waals surface area (Å²) in [4.78, 5) is 16.9. The fourth-order valence-corrected chi connectivity index (χ4v) is 2.76. The van der Waals surface area contributed by atoms with E-state index in [2.05, 4.69) is 22.9 Å². The second-order valence-electron chi connectivity index (χ2n) is 4.73. The Labute approximate surface area is 133 Å². The molecule has 2 N–H and O–H groups in total. The molecule has 1 atom stereocenters. The summed E-state index contributed by atoms with van der Waals surface area (Å²) in [6, 6.07) is 15.2. The van der Waals surface area contributed by atoms with Crippen molar-refractivity contribution in [2.45, 2.75) is 6.17 Å². The molecule has 2 aromatic rings. The van der Waals surface area contributed by atoms with E-state index in [4.69, 9.17) is 0 Å². The molecule has 5 nitrogen and oxygen atoms in total. The molecule has 0 saturated heterocycles. The van der Waals surface area contributed by atoms with Gasteiger partial charge in [-0.25, -0.2) is 4.98 Å². The van der Waals surface area contributed by atoms with E-state index in [1.54, 1.807) is 12.4 Å². The van der Waals surface area contributed by atoms with E-state index in [0.29, 0.717) is 5.03 Å². The monoisotopic (exact) mass is 309 g/mol. The lowest BCUT2D eigenvalue weighted by molar-refractivity contribution is -0.378. The minimum absolute atomic E-state index is 0.00549. The van der Waals surface area contributed by atoms with Crippen LogP contribution in [0.1, 0.15) is 11.7 Å². The molecule has 0 radical (unpaired) electrons. The summed E-state index contributed by atoms with van der Waals surface area (Å²) in [5.74, 6) is -0.419. The Balaban J connectivity index is 2.15. The Morgan fingerprint density at radius 2 is 1.86 bits per heavy atom. The smallest absolute Gasteiger partial charge is 0.266 e. The van der Waals surface area contributed by atoms with Crippen LogP contribution >= 0.6 is 12.6 Å². The molecule has 6 heteroatoms. The molecule has 108 valence electrons. The first kappa shape index (κ1) is 14.2. The van der Waals surface area contributed by atoms with E-state index in [0.717, 1.165) is 11.3 Å². The molecule has 1 aliphatic heterocycles. The van der Waals surface area contributed by atoms with Crippen LogP contribution in [0, 0.1) is 11.3 Å². The highest BCUT2D eigenvalue weighted by Gasteiger charge is 2.33. The number of carbonyl (C=O) groups excluding carboxylic acids is 1. The van der Waals surface area contributed by atoms with Crippen LogP contribution in [-0.4, -0.2) is 5.91 Å². The van der Waals surface area contributed by atoms with Gasteiger partial charge in [0.15, 0.2) is 12.4 Å². The van der Waals surface area contributed by atoms with Crippen molar-refractivity contribution in [3.05, 3.63) is 71.0 Å². The third-order valence-corrected chi connectivity index (χ3v) is 3.85. The van der Waals surface area contributed by atoms with E-state index in [-0.39, 0.29) is 5.57 Å². The van der Waals surface area contributed by atoms with Crippen LogP contribution in [0.5, 0.6) is 0 Å². The molecule has 22 heavy (non-hydrogen) atoms. The number of benzene rings is 1. The highest BCUT2D eigenvalue weighted by atomic mass is 32.1. The molecule has 1 amide bonds. The number of hydrogen-bond acceptors (Lipinski definition) is 4. The van der Waals surface area contributed by atoms with Crippen LogP contribution in [0.15, 0.2) is 65.5 Å². The van der Waals surface area contributed by atoms with Crippen LogP contribution in [0.4, 0.5) is 5.69 Å². The van der Waals surface area contributed by atoms with Crippen LogP contribution < -0.4 is 15.2 Å². The Kier molecular flexibility index (Phi) is 3.81. The van der Waals surface area contributed by atoms with Gasteiger partial charge < -0.3 is 10.2 Å². The number of aromatic amines is 1. The largest absolute Gasteiger partial charge is 0.327 e. The molecule has 1 unspecified atom stereocenters. The van der Waals surface area contributed by atoms with Gasteiger partial charge in [-0.2, -0.15) is 5.26 Å². The summed E-state index contributed by atoms with van der Waals surface area (Å²) in [7, 11) is 0. The second kappa shape index (κ2) is 5.92. The Morgan fingerprint density at radius 1 is 1.18 bits per heavy atom. The lowest BCUT2D eigenvalue weighted by atomic mass is 10.1. The first-order valence-corrected chi connectivity index (χ1v) is 7.11. The molecule has 1 aromatic heterocycles. The van der Waals surface area contributed by atoms with Gasteiger partial charge in [0.25, 0.3) is 5.91 Å². The lowest BCUT2D eigenvalue weighted by Crippen LogP contribution is -2.46. The molecular formula is C16H13N4OS+. The van der Waals surface area contributed by atoms with Gasteiger partial charge in [0.05, 0.1) is 5.03 Å². The number of anilines is 1. The van der Waals surface area contributed by atoms with Gasteiger partial charge in [-0.3, -0.25) is 4.79 Å². The van der Waals surface area contributed by atoms with Gasteiger partial charge in [0, 0.05) is 23.4 Å². The number of amides is 1. The zero-order valence-corrected chi connectivity index (χ0v) is 12.4. The molecule has 0 aliphatic carbocycles. The maximum absolute atomic E-state index is 12.1. The standard InChI is InChI=1S/C16H12N4OS/c17-10-13-15(21)19-14(11-6-8-18-9-7-11)20(16(13)22)12-4-2-1-3-5-12/h1-9,14,22H,(H,19,21)/p+1. The van der Waals surface area contributed by atoms with Crippen molar-refractivity contribution in [3.8, 4) is 6.07 Å². The maximum Gasteiger partial charge on any atom is 0.266 e. The highest BCUT2D eigenvalue weighted by Crippen LogP contribution is 2.35. The number of hydrogen-bond donors (Lipinski definition) is 2. The average Bonchev–Trinajstić information content (AvgIpc) is 2.56. The topological polar surface area (TPSA) is 70.3 Å². The third kappa shape index (κ3) is 2.43. The van der Waals surface area contributed by atoms with Crippen molar-refractivity contribution in [2.75, 3.05) is 4.90 Å². The molecule has 1 aromatic carbocycles. The van der Waals surface area contributed by atoms with Crippen molar-refractivity contribution in [1.29, 1.82) is 5.26 Å². The number of nitrogens with one attached hydrogen (secondary N) is 2. The van der Waals surface area contributed by atoms with Crippen LogP contribution in [0.2, 0.25) is 0 Å². The van der Waals surface area contributed by atoms with Gasteiger partial charge in [0.2, 0.25) is 0 Å². The zero-order chi connectivity index (χ0) is 15.5. The Morgan fingerprint density at radius 3 is 2.50 bits per heavy atom. The summed E-state index contributed by atoms with van der Waals surface area (Å²) in [6.45, 7) is 0. The molecule has 2 heterocycles. The van der Waals surface area contributed by atoms with Gasteiger partial charge in [-0.15, -0.1) is 12.6 Å². The number of thiol groups is 1. The quantitative estimate of drug-likeness (QED) is 0.831. The summed E-state index contributed by atoms with van der Waals surface area (Å²) in [5.41, 5.74) is 1.74. The minimum atomic E-state index is -0.422. The van der Waals surface area contributed by atoms with E-state index in [9.17, 15) is 10.1 Å². The van der Waals surface area contributed by atoms with Crippen LogP contribution in [-0.2, 0) is 4.79 Å². The predicted octanol–water partition coefficient (Wildman–Crippen LogP) is 1.80. The Bertz CT molecular complexity index is 768. The van der Waals surface area contributed by atoms with Crippen molar-refractivity contribution in [1.82, 2.24) is 5.32 Å². The zero-order valence-electron chi connectivity index (χ0n) is 11.5. The number of H-pyrrole nitrogens is 1. The lowest BCUT2D eigenvalue weighted by Gasteiger charge is -2.37. The summed E-state index contributed by atoms with van der Waals surface area (Å²) >= 11 is 4.43. The molecule has 3 rings (SSSR count). The number of nitriles is 1. The van der Waals surface area contributed by atoms with Crippen molar-refractivity contribution >= 4 is 24.2 Å². The minimum Gasteiger partial charge on any atom is -0.327 e. The number of pyridine rings is 1. The first-order chi connectivity index (χ1) is 10.7. The maximum atomic E-state index is 12.1. The molecular weight excluding hydrogens is 296 g/mol. The summed E-state index contributed by atoms with van der Waals surface area (Å²) < 4.78 is 0. The number of aromatic nitrogens is 1. The number of rotatable bonds is 2. The van der Waals surface area contributed by atoms with Crippen molar-refractivity contribution < 1.29 is 9.78 Å². The Hall–Kier alpha value is -2.78. The predicted molar refractivity (Wildman–Crippen MR) is 84.4 cm³/mol. The average molecular weight is 309 g/mol. The normalized spacial score (nSPS) is 17.9. The fraction of sp³-hybridized carbons (Fsp3) is 0.0625. The first-order valence-electron chi connectivity index (χ1n) is 6.67. The molecule has 0 spiro atoms. The summed E-state index contributed by atoms with van der Waals surface area (Å²) in [6.07, 6.45) is 3.15. The second-order valence-corrected chi connectivity index (χ2v) is 5.15. The van der Waals surface area contributed by atoms with Crippen molar-refractivity contribution in [2.24, 2.45) is 0 Å². The van der Waals surface area contributed by atoms with E-state index in [1.165, 1.54) is 0 Å². The number of carbonyl (C=O) groups is 1. The molecule has 0 saturated carbocycles. The highest BCUT2D eigenvalue weighted by molar-refractivity contribution is 7.84. The van der Waals surface area contributed by atoms with E-state index >= 15 is 0 Å². The van der Waals surface area contributed by atoms with E-state index in [1.807, 2.05) is 53.4 Å². The van der Waals surface area contributed by atoms with Gasteiger partial charge in [-0.05, 0) is 12.1 Å². The molecule has 0 fully saturated rings. The third-order valence-electron chi connectivity index (χ3n) is 3.41. The molecule has 1 aliphatic rings. The van der Waals surface area contributed by atoms with Gasteiger partial charge in [0.1, 0.15) is 17.8 Å². The fourth-order valence-electron chi connectivity index (χ4n) is 2.38. The van der Waals surface area contributed by atoms with Crippen LogP contribution in [0.3, 0.4) is 0 Å². The van der Waals surface area contributed by atoms with Crippen LogP contribution in [0.25, 0.3) is 0 Å². The van der Waals surface area contributed by atoms with Crippen molar-refractivity contribution in [3.63, 3.8) is 0 Å². The number of nitrogens with zero attached hydrogens (tertiary/aromatic N) is 2. The summed E-state index contributed by atoms with van der Waals surface area (Å²) in [5, 5.41) is 12.4. The number of para-hydroxylation sites is 1. The SMILES string of the molecule is N#CC1=C(S)N(c2ccccc2)C(c2cc[nH+]cc2)NC1=O. The van der Waals surface area contributed by atoms with E-state index < -0.39 is 12.1 Å². The van der Waals surface area contributed by atoms with Gasteiger partial charge >= 0.3 is 0 Å².